The van der Waals surface area contributed by atoms with Gasteiger partial charge in [0.2, 0.25) is 0 Å². The molecule has 0 aliphatic carbocycles. The van der Waals surface area contributed by atoms with E-state index in [-0.39, 0.29) is 28.5 Å². The van der Waals surface area contributed by atoms with E-state index < -0.39 is 17.7 Å². The summed E-state index contributed by atoms with van der Waals surface area (Å²) in [4.78, 5) is 31.6. The molecule has 1 atom stereocenters. The Hall–Kier alpha value is -4.14. The van der Waals surface area contributed by atoms with Crippen LogP contribution in [0.5, 0.6) is 17.2 Å². The van der Waals surface area contributed by atoms with E-state index >= 15 is 0 Å². The first-order valence-corrected chi connectivity index (χ1v) is 13.1. The minimum atomic E-state index is -0.911. The van der Waals surface area contributed by atoms with Gasteiger partial charge in [-0.3, -0.25) is 9.59 Å². The number of rotatable bonds is 8. The summed E-state index contributed by atoms with van der Waals surface area (Å²) >= 11 is 12.4. The maximum Gasteiger partial charge on any atom is 0.295 e. The van der Waals surface area contributed by atoms with Crippen LogP contribution in [0.3, 0.4) is 0 Å². The average molecular weight is 581 g/mol. The Morgan fingerprint density at radius 3 is 2.42 bits per heavy atom. The van der Waals surface area contributed by atoms with Gasteiger partial charge >= 0.3 is 0 Å². The topological polar surface area (TPSA) is 101 Å². The first-order chi connectivity index (χ1) is 19.3. The lowest BCUT2D eigenvalue weighted by Gasteiger charge is -2.26. The number of nitrogens with one attached hydrogen (secondary N) is 1. The molecule has 206 valence electrons. The predicted molar refractivity (Wildman–Crippen MR) is 154 cm³/mol. The summed E-state index contributed by atoms with van der Waals surface area (Å²) in [6.45, 7) is 0.193. The third kappa shape index (κ3) is 4.85. The number of halogens is 2. The van der Waals surface area contributed by atoms with Gasteiger partial charge < -0.3 is 29.2 Å². The Balaban J connectivity index is 1.61. The maximum atomic E-state index is 13.5. The minimum Gasteiger partial charge on any atom is -0.507 e. The molecule has 1 aliphatic rings. The molecule has 0 bridgehead atoms. The Morgan fingerprint density at radius 2 is 1.73 bits per heavy atom. The van der Waals surface area contributed by atoms with Crippen molar-refractivity contribution in [1.82, 2.24) is 9.88 Å². The summed E-state index contributed by atoms with van der Waals surface area (Å²) in [5.41, 5.74) is 2.54. The molecule has 40 heavy (non-hydrogen) atoms. The molecule has 4 aromatic rings. The summed E-state index contributed by atoms with van der Waals surface area (Å²) in [6.07, 6.45) is 2.31. The Kier molecular flexibility index (Phi) is 7.65. The van der Waals surface area contributed by atoms with Crippen LogP contribution in [0.25, 0.3) is 16.7 Å². The zero-order chi connectivity index (χ0) is 28.6. The van der Waals surface area contributed by atoms with E-state index in [1.54, 1.807) is 31.4 Å². The fourth-order valence-electron chi connectivity index (χ4n) is 5.04. The van der Waals surface area contributed by atoms with Crippen molar-refractivity contribution < 1.29 is 28.9 Å². The molecule has 1 aliphatic heterocycles. The first kappa shape index (κ1) is 27.4. The van der Waals surface area contributed by atoms with Crippen molar-refractivity contribution in [2.75, 3.05) is 27.9 Å². The van der Waals surface area contributed by atoms with Crippen LogP contribution >= 0.6 is 23.2 Å². The van der Waals surface area contributed by atoms with Gasteiger partial charge in [-0.15, -0.1) is 0 Å². The number of fused-ring (bicyclic) bond motifs is 1. The largest absolute Gasteiger partial charge is 0.507 e. The SMILES string of the molecule is COc1ccc2[nH]cc(CCN3C(=O)C(=O)/C(=C(\O)c4ccc(Cl)cc4Cl)C3c3ccc(OC)c(OC)c3)c2c1. The first-order valence-electron chi connectivity index (χ1n) is 12.4. The van der Waals surface area contributed by atoms with Gasteiger partial charge in [0.15, 0.2) is 11.5 Å². The molecule has 0 radical (unpaired) electrons. The van der Waals surface area contributed by atoms with Crippen molar-refractivity contribution in [3.63, 3.8) is 0 Å². The second kappa shape index (κ2) is 11.2. The van der Waals surface area contributed by atoms with Crippen LogP contribution in [-0.2, 0) is 16.0 Å². The number of likely N-dealkylation sites (tertiary alicyclic amines) is 1. The zero-order valence-corrected chi connectivity index (χ0v) is 23.5. The van der Waals surface area contributed by atoms with E-state index in [1.807, 2.05) is 24.4 Å². The molecule has 2 heterocycles. The molecule has 0 saturated carbocycles. The highest BCUT2D eigenvalue weighted by molar-refractivity contribution is 6.47. The highest BCUT2D eigenvalue weighted by atomic mass is 35.5. The van der Waals surface area contributed by atoms with Crippen molar-refractivity contribution in [1.29, 1.82) is 0 Å². The summed E-state index contributed by atoms with van der Waals surface area (Å²) in [5.74, 6) is -0.332. The van der Waals surface area contributed by atoms with Crippen LogP contribution in [-0.4, -0.2) is 54.6 Å². The molecular weight excluding hydrogens is 555 g/mol. The minimum absolute atomic E-state index is 0.0814. The van der Waals surface area contributed by atoms with Gasteiger partial charge in [0, 0.05) is 34.2 Å². The standard InChI is InChI=1S/C30H26Cl2N2O6/c1-38-19-6-8-23-21(14-19)17(15-33-23)10-11-34-27(16-4-9-24(39-2)25(12-16)40-3)26(29(36)30(34)37)28(35)20-7-5-18(31)13-22(20)32/h4-9,12-15,27,33,35H,10-11H2,1-3H3/b28-26-. The number of amides is 1. The van der Waals surface area contributed by atoms with Crippen molar-refractivity contribution in [2.45, 2.75) is 12.5 Å². The van der Waals surface area contributed by atoms with Gasteiger partial charge in [-0.1, -0.05) is 29.3 Å². The molecule has 8 nitrogen and oxygen atoms in total. The van der Waals surface area contributed by atoms with E-state index in [0.717, 1.165) is 16.5 Å². The van der Waals surface area contributed by atoms with E-state index in [2.05, 4.69) is 4.98 Å². The van der Waals surface area contributed by atoms with Gasteiger partial charge in [0.05, 0.1) is 38.0 Å². The number of aliphatic hydroxyl groups is 1. The van der Waals surface area contributed by atoms with Crippen LogP contribution < -0.4 is 14.2 Å². The quantitative estimate of drug-likeness (QED) is 0.147. The molecule has 0 spiro atoms. The number of hydrogen-bond donors (Lipinski definition) is 2. The number of aromatic nitrogens is 1. The third-order valence-electron chi connectivity index (χ3n) is 7.05. The number of carbonyl (C=O) groups is 2. The summed E-state index contributed by atoms with van der Waals surface area (Å²) < 4.78 is 16.2. The number of ketones is 1. The number of benzene rings is 3. The molecule has 2 N–H and O–H groups in total. The van der Waals surface area contributed by atoms with Crippen LogP contribution in [0.2, 0.25) is 10.0 Å². The fraction of sp³-hybridized carbons (Fsp3) is 0.200. The zero-order valence-electron chi connectivity index (χ0n) is 22.0. The monoisotopic (exact) mass is 580 g/mol. The number of methoxy groups -OCH3 is 3. The average Bonchev–Trinajstić information content (AvgIpc) is 3.48. The van der Waals surface area contributed by atoms with Crippen molar-refractivity contribution in [3.8, 4) is 17.2 Å². The number of ether oxygens (including phenoxy) is 3. The molecule has 1 fully saturated rings. The number of aromatic amines is 1. The molecule has 3 aromatic carbocycles. The second-order valence-corrected chi connectivity index (χ2v) is 10.1. The van der Waals surface area contributed by atoms with E-state index in [4.69, 9.17) is 37.4 Å². The normalized spacial score (nSPS) is 16.5. The van der Waals surface area contributed by atoms with Crippen molar-refractivity contribution >= 4 is 51.6 Å². The molecule has 10 heteroatoms. The van der Waals surface area contributed by atoms with E-state index in [0.29, 0.717) is 34.3 Å². The summed E-state index contributed by atoms with van der Waals surface area (Å²) in [7, 11) is 4.61. The van der Waals surface area contributed by atoms with E-state index in [9.17, 15) is 14.7 Å². The Labute approximate surface area is 240 Å². The van der Waals surface area contributed by atoms with Gasteiger partial charge in [0.25, 0.3) is 11.7 Å². The predicted octanol–water partition coefficient (Wildman–Crippen LogP) is 6.16. The third-order valence-corrected chi connectivity index (χ3v) is 7.59. The van der Waals surface area contributed by atoms with Crippen LogP contribution in [0.4, 0.5) is 0 Å². The maximum absolute atomic E-state index is 13.5. The summed E-state index contributed by atoms with van der Waals surface area (Å²) in [5, 5.41) is 12.9. The second-order valence-electron chi connectivity index (χ2n) is 9.21. The molecule has 5 rings (SSSR count). The molecular formula is C30H26Cl2N2O6. The van der Waals surface area contributed by atoms with Crippen molar-refractivity contribution in [2.24, 2.45) is 0 Å². The number of hydrogen-bond acceptors (Lipinski definition) is 6. The highest BCUT2D eigenvalue weighted by Gasteiger charge is 2.46. The molecule has 1 saturated heterocycles. The molecule has 1 amide bonds. The highest BCUT2D eigenvalue weighted by Crippen LogP contribution is 2.43. The number of aliphatic hydroxyl groups excluding tert-OH is 1. The van der Waals surface area contributed by atoms with Gasteiger partial charge in [0.1, 0.15) is 11.5 Å². The Bertz CT molecular complexity index is 1660. The number of carbonyl (C=O) groups excluding carboxylic acids is 2. The van der Waals surface area contributed by atoms with Crippen LogP contribution in [0.15, 0.2) is 66.4 Å². The lowest BCUT2D eigenvalue weighted by atomic mass is 9.94. The lowest BCUT2D eigenvalue weighted by molar-refractivity contribution is -0.139. The van der Waals surface area contributed by atoms with E-state index in [1.165, 1.54) is 31.3 Å². The number of H-pyrrole nitrogens is 1. The van der Waals surface area contributed by atoms with Gasteiger partial charge in [-0.25, -0.2) is 0 Å². The Morgan fingerprint density at radius 1 is 0.950 bits per heavy atom. The van der Waals surface area contributed by atoms with Crippen molar-refractivity contribution in [3.05, 3.63) is 93.1 Å². The summed E-state index contributed by atoms with van der Waals surface area (Å²) in [6, 6.07) is 14.4. The number of nitrogens with zero attached hydrogens (tertiary/aromatic N) is 1. The fourth-order valence-corrected chi connectivity index (χ4v) is 5.54. The molecule has 1 unspecified atom stereocenters. The smallest absolute Gasteiger partial charge is 0.295 e. The van der Waals surface area contributed by atoms with Crippen LogP contribution in [0.1, 0.15) is 22.7 Å². The van der Waals surface area contributed by atoms with Gasteiger partial charge in [-0.05, 0) is 66.1 Å². The number of Topliss-reactive ketones (excluding diaryl/α,β-unsaturated/α-hetero) is 1. The lowest BCUT2D eigenvalue weighted by Crippen LogP contribution is -2.31. The van der Waals surface area contributed by atoms with Crippen LogP contribution in [0, 0.1) is 0 Å². The molecule has 1 aromatic heterocycles. The van der Waals surface area contributed by atoms with Gasteiger partial charge in [-0.2, -0.15) is 0 Å².